The first-order valence-electron chi connectivity index (χ1n) is 12.5. The minimum atomic E-state index is 0.955. The molecule has 0 heterocycles. The number of rotatable bonds is 17. The lowest BCUT2D eigenvalue weighted by Gasteiger charge is -2.28. The summed E-state index contributed by atoms with van der Waals surface area (Å²) in [5.41, 5.74) is 4.97. The number of nitrogens with zero attached hydrogens (tertiary/aromatic N) is 4. The number of unbranched alkanes of at least 4 members (excludes halogenated alkanes) is 2. The van der Waals surface area contributed by atoms with E-state index in [1.54, 1.807) is 0 Å². The zero-order chi connectivity index (χ0) is 24.4. The summed E-state index contributed by atoms with van der Waals surface area (Å²) in [5.74, 6) is 1.04. The average molecular weight is 443 g/mol. The van der Waals surface area contributed by atoms with E-state index < -0.39 is 0 Å². The van der Waals surface area contributed by atoms with Gasteiger partial charge in [0.25, 0.3) is 0 Å². The summed E-state index contributed by atoms with van der Waals surface area (Å²) in [6, 6.07) is 0. The molecule has 4 nitrogen and oxygen atoms in total. The van der Waals surface area contributed by atoms with Crippen molar-refractivity contribution in [2.45, 2.75) is 92.9 Å². The maximum atomic E-state index is 5.10. The van der Waals surface area contributed by atoms with E-state index in [1.807, 2.05) is 19.5 Å². The van der Waals surface area contributed by atoms with Gasteiger partial charge in [0.15, 0.2) is 0 Å². The highest BCUT2D eigenvalue weighted by Crippen LogP contribution is 2.24. The molecule has 0 aliphatic rings. The summed E-state index contributed by atoms with van der Waals surface area (Å²) in [6.07, 6.45) is 17.2. The topological polar surface area (TPSA) is 31.2 Å². The van der Waals surface area contributed by atoms with Crippen molar-refractivity contribution in [1.29, 1.82) is 0 Å². The van der Waals surface area contributed by atoms with Gasteiger partial charge in [0, 0.05) is 50.4 Å². The minimum Gasteiger partial charge on any atom is -0.375 e. The predicted molar refractivity (Wildman–Crippen MR) is 146 cm³/mol. The zero-order valence-electron chi connectivity index (χ0n) is 22.4. The van der Waals surface area contributed by atoms with Gasteiger partial charge in [-0.05, 0) is 64.6 Å². The van der Waals surface area contributed by atoms with Gasteiger partial charge in [-0.2, -0.15) is 0 Å². The molecule has 0 N–H and O–H groups in total. The lowest BCUT2D eigenvalue weighted by molar-refractivity contribution is 0.400. The van der Waals surface area contributed by atoms with E-state index in [4.69, 9.17) is 4.99 Å². The highest BCUT2D eigenvalue weighted by Gasteiger charge is 2.16. The van der Waals surface area contributed by atoms with E-state index in [1.165, 1.54) is 35.4 Å². The molecule has 0 fully saturated rings. The van der Waals surface area contributed by atoms with Crippen LogP contribution >= 0.6 is 0 Å². The monoisotopic (exact) mass is 442 g/mol. The third-order valence-electron chi connectivity index (χ3n) is 5.56. The first-order chi connectivity index (χ1) is 15.4. The zero-order valence-corrected chi connectivity index (χ0v) is 22.4. The van der Waals surface area contributed by atoms with Crippen LogP contribution in [0.15, 0.2) is 57.6 Å². The fraction of sp³-hybridized carbons (Fsp3) is 0.643. The SMILES string of the molecule is C=CN(CCCCC)C(/N=C(/C)CCC)=C(/C)C(=CCC)N(C)CCC/C(C=NC)=C/C. The molecule has 0 amide bonds. The van der Waals surface area contributed by atoms with Gasteiger partial charge in [-0.25, -0.2) is 4.99 Å². The summed E-state index contributed by atoms with van der Waals surface area (Å²) in [5, 5.41) is 0. The van der Waals surface area contributed by atoms with Gasteiger partial charge in [0.1, 0.15) is 5.82 Å². The number of aliphatic imine (C=N–C) groups is 2. The first-order valence-corrected chi connectivity index (χ1v) is 12.5. The van der Waals surface area contributed by atoms with Crippen molar-refractivity contribution in [1.82, 2.24) is 9.80 Å². The lowest BCUT2D eigenvalue weighted by Crippen LogP contribution is -2.24. The molecule has 0 radical (unpaired) electrons. The van der Waals surface area contributed by atoms with E-state index in [0.717, 1.165) is 57.4 Å². The van der Waals surface area contributed by atoms with Gasteiger partial charge in [-0.3, -0.25) is 4.99 Å². The van der Waals surface area contributed by atoms with E-state index in [-0.39, 0.29) is 0 Å². The molecule has 0 aliphatic heterocycles. The van der Waals surface area contributed by atoms with E-state index in [0.29, 0.717) is 0 Å². The molecule has 4 heteroatoms. The normalized spacial score (nSPS) is 14.1. The van der Waals surface area contributed by atoms with Gasteiger partial charge in [-0.15, -0.1) is 0 Å². The van der Waals surface area contributed by atoms with E-state index in [2.05, 4.69) is 82.1 Å². The van der Waals surface area contributed by atoms with Crippen LogP contribution in [-0.4, -0.2) is 48.9 Å². The minimum absolute atomic E-state index is 0.955. The number of hydrogen-bond acceptors (Lipinski definition) is 4. The fourth-order valence-electron chi connectivity index (χ4n) is 3.77. The third kappa shape index (κ3) is 11.5. The Morgan fingerprint density at radius 2 is 1.69 bits per heavy atom. The van der Waals surface area contributed by atoms with Crippen LogP contribution in [0.4, 0.5) is 0 Å². The van der Waals surface area contributed by atoms with E-state index in [9.17, 15) is 0 Å². The van der Waals surface area contributed by atoms with Crippen molar-refractivity contribution < 1.29 is 0 Å². The second kappa shape index (κ2) is 18.5. The summed E-state index contributed by atoms with van der Waals surface area (Å²) >= 11 is 0. The maximum absolute atomic E-state index is 5.10. The first kappa shape index (κ1) is 29.9. The molecule has 0 rings (SSSR count). The van der Waals surface area contributed by atoms with Gasteiger partial charge < -0.3 is 9.80 Å². The van der Waals surface area contributed by atoms with Crippen LogP contribution in [0.1, 0.15) is 92.9 Å². The molecular weight excluding hydrogens is 392 g/mol. The van der Waals surface area contributed by atoms with Crippen molar-refractivity contribution in [3.8, 4) is 0 Å². The van der Waals surface area contributed by atoms with Crippen LogP contribution in [0.2, 0.25) is 0 Å². The second-order valence-electron chi connectivity index (χ2n) is 8.40. The van der Waals surface area contributed by atoms with Crippen molar-refractivity contribution >= 4 is 11.9 Å². The molecule has 0 aliphatic carbocycles. The van der Waals surface area contributed by atoms with Crippen molar-refractivity contribution in [2.24, 2.45) is 9.98 Å². The van der Waals surface area contributed by atoms with Crippen LogP contribution in [0.5, 0.6) is 0 Å². The summed E-state index contributed by atoms with van der Waals surface area (Å²) in [6.45, 7) is 19.2. The molecule has 0 saturated heterocycles. The number of hydrogen-bond donors (Lipinski definition) is 0. The van der Waals surface area contributed by atoms with Crippen LogP contribution in [0.25, 0.3) is 0 Å². The Balaban J connectivity index is 5.92. The Morgan fingerprint density at radius 1 is 0.969 bits per heavy atom. The van der Waals surface area contributed by atoms with Crippen LogP contribution in [-0.2, 0) is 0 Å². The van der Waals surface area contributed by atoms with Crippen LogP contribution in [0.3, 0.4) is 0 Å². The highest BCUT2D eigenvalue weighted by molar-refractivity contribution is 5.83. The van der Waals surface area contributed by atoms with Gasteiger partial charge >= 0.3 is 0 Å². The molecule has 0 aromatic heterocycles. The molecule has 182 valence electrons. The molecule has 0 unspecified atom stereocenters. The molecule has 32 heavy (non-hydrogen) atoms. The van der Waals surface area contributed by atoms with Crippen molar-refractivity contribution in [3.05, 3.63) is 47.6 Å². The summed E-state index contributed by atoms with van der Waals surface area (Å²) in [4.78, 5) is 13.9. The molecule has 0 bridgehead atoms. The van der Waals surface area contributed by atoms with Crippen molar-refractivity contribution in [2.75, 3.05) is 27.2 Å². The van der Waals surface area contributed by atoms with Crippen molar-refractivity contribution in [3.63, 3.8) is 0 Å². The van der Waals surface area contributed by atoms with Crippen LogP contribution < -0.4 is 0 Å². The molecule has 0 saturated carbocycles. The Kier molecular flexibility index (Phi) is 17.3. The summed E-state index contributed by atoms with van der Waals surface area (Å²) < 4.78 is 0. The molecule has 0 atom stereocenters. The predicted octanol–water partition coefficient (Wildman–Crippen LogP) is 7.77. The highest BCUT2D eigenvalue weighted by atomic mass is 15.2. The molecule has 0 aromatic rings. The molecule has 0 aromatic carbocycles. The Hall–Kier alpha value is -2.10. The third-order valence-corrected chi connectivity index (χ3v) is 5.56. The summed E-state index contributed by atoms with van der Waals surface area (Å²) in [7, 11) is 4.03. The largest absolute Gasteiger partial charge is 0.375 e. The Labute approximate surface area is 199 Å². The standard InChI is InChI=1S/C28H50N4/c1-10-15-16-22-32(14-5)28(30-24(6)18-11-2)25(7)27(19-12-3)31(9)21-17-20-26(13-4)23-29-8/h13-14,19,23H,5,10-12,15-18,20-22H2,1-4,6-9H3/b26-13-,27-19?,28-25-,29-23?,30-24-. The second-order valence-corrected chi connectivity index (χ2v) is 8.40. The van der Waals surface area contributed by atoms with Gasteiger partial charge in [0.05, 0.1) is 0 Å². The molecule has 0 spiro atoms. The Morgan fingerprint density at radius 3 is 2.22 bits per heavy atom. The molecular formula is C28H50N4. The number of likely N-dealkylation sites (N-methyl/N-ethyl adjacent to an activating group) is 1. The smallest absolute Gasteiger partial charge is 0.137 e. The average Bonchev–Trinajstić information content (AvgIpc) is 2.78. The van der Waals surface area contributed by atoms with Crippen LogP contribution in [0, 0.1) is 0 Å². The Bertz CT molecular complexity index is 680. The van der Waals surface area contributed by atoms with E-state index >= 15 is 0 Å². The lowest BCUT2D eigenvalue weighted by atomic mass is 10.1. The quantitative estimate of drug-likeness (QED) is 0.131. The fourth-order valence-corrected chi connectivity index (χ4v) is 3.77. The number of allylic oxidation sites excluding steroid dienone is 4. The van der Waals surface area contributed by atoms with Gasteiger partial charge in [-0.1, -0.05) is 58.8 Å². The van der Waals surface area contributed by atoms with Gasteiger partial charge in [0.2, 0.25) is 0 Å². The maximum Gasteiger partial charge on any atom is 0.137 e.